The van der Waals surface area contributed by atoms with Gasteiger partial charge in [0, 0.05) is 17.4 Å². The van der Waals surface area contributed by atoms with Crippen molar-refractivity contribution < 1.29 is 13.9 Å². The Balaban J connectivity index is 1.97. The molecule has 0 aliphatic carbocycles. The van der Waals surface area contributed by atoms with Gasteiger partial charge in [-0.05, 0) is 52.7 Å². The third-order valence-corrected chi connectivity index (χ3v) is 3.38. The van der Waals surface area contributed by atoms with Gasteiger partial charge in [0.05, 0.1) is 4.47 Å². The molecule has 0 fully saturated rings. The first-order valence-corrected chi connectivity index (χ1v) is 6.99. The predicted molar refractivity (Wildman–Crippen MR) is 83.8 cm³/mol. The van der Waals surface area contributed by atoms with E-state index in [4.69, 9.17) is 10.5 Å². The maximum Gasteiger partial charge on any atom is 0.262 e. The minimum atomic E-state index is -0.437. The number of carbonyl (C=O) groups excluding carboxylic acids is 1. The molecule has 0 saturated carbocycles. The molecule has 0 heterocycles. The van der Waals surface area contributed by atoms with E-state index in [2.05, 4.69) is 21.2 Å². The molecule has 2 aromatic rings. The normalized spacial score (nSPS) is 10.2. The van der Waals surface area contributed by atoms with Crippen molar-refractivity contribution in [3.63, 3.8) is 0 Å². The predicted octanol–water partition coefficient (Wildman–Crippen LogP) is 3.50. The zero-order valence-corrected chi connectivity index (χ0v) is 12.9. The fraction of sp³-hybridized carbons (Fsp3) is 0.133. The van der Waals surface area contributed by atoms with Crippen molar-refractivity contribution in [3.8, 4) is 5.75 Å². The number of hydrogen-bond donors (Lipinski definition) is 2. The summed E-state index contributed by atoms with van der Waals surface area (Å²) in [5, 5.41) is 2.61. The third kappa shape index (κ3) is 4.19. The Labute approximate surface area is 130 Å². The van der Waals surface area contributed by atoms with E-state index in [0.717, 1.165) is 5.56 Å². The summed E-state index contributed by atoms with van der Waals surface area (Å²) in [4.78, 5) is 11.8. The Bertz CT molecular complexity index is 677. The van der Waals surface area contributed by atoms with Crippen LogP contribution in [0.1, 0.15) is 5.56 Å². The van der Waals surface area contributed by atoms with Crippen LogP contribution in [0, 0.1) is 12.7 Å². The van der Waals surface area contributed by atoms with Crippen molar-refractivity contribution in [1.82, 2.24) is 0 Å². The lowest BCUT2D eigenvalue weighted by Gasteiger charge is -2.10. The first kappa shape index (κ1) is 15.3. The first-order valence-electron chi connectivity index (χ1n) is 6.19. The molecule has 110 valence electrons. The van der Waals surface area contributed by atoms with Crippen molar-refractivity contribution in [2.75, 3.05) is 17.7 Å². The van der Waals surface area contributed by atoms with Gasteiger partial charge in [0.15, 0.2) is 6.61 Å². The highest BCUT2D eigenvalue weighted by molar-refractivity contribution is 9.10. The monoisotopic (exact) mass is 352 g/mol. The van der Waals surface area contributed by atoms with Crippen LogP contribution in [0.2, 0.25) is 0 Å². The molecule has 2 aromatic carbocycles. The van der Waals surface area contributed by atoms with Crippen LogP contribution in [0.25, 0.3) is 0 Å². The van der Waals surface area contributed by atoms with Gasteiger partial charge in [0.1, 0.15) is 11.6 Å². The quantitative estimate of drug-likeness (QED) is 0.827. The lowest BCUT2D eigenvalue weighted by atomic mass is 10.2. The first-order chi connectivity index (χ1) is 9.95. The van der Waals surface area contributed by atoms with Gasteiger partial charge in [-0.1, -0.05) is 6.07 Å². The second-order valence-electron chi connectivity index (χ2n) is 4.49. The molecule has 0 aliphatic heterocycles. The number of aryl methyl sites for hydroxylation is 1. The molecule has 1 amide bonds. The second kappa shape index (κ2) is 6.58. The molecule has 0 saturated heterocycles. The Morgan fingerprint density at radius 2 is 2.14 bits per heavy atom. The number of carbonyl (C=O) groups is 1. The largest absolute Gasteiger partial charge is 0.484 e. The van der Waals surface area contributed by atoms with Crippen LogP contribution in [0.15, 0.2) is 40.9 Å². The summed E-state index contributed by atoms with van der Waals surface area (Å²) < 4.78 is 19.1. The van der Waals surface area contributed by atoms with E-state index < -0.39 is 5.82 Å². The van der Waals surface area contributed by atoms with Crippen LogP contribution < -0.4 is 15.8 Å². The Morgan fingerprint density at radius 1 is 1.38 bits per heavy atom. The van der Waals surface area contributed by atoms with E-state index in [0.29, 0.717) is 21.6 Å². The van der Waals surface area contributed by atoms with Gasteiger partial charge in [-0.15, -0.1) is 0 Å². The van der Waals surface area contributed by atoms with E-state index in [9.17, 15) is 9.18 Å². The number of rotatable bonds is 4. The summed E-state index contributed by atoms with van der Waals surface area (Å²) in [6.07, 6.45) is 0. The number of hydrogen-bond acceptors (Lipinski definition) is 3. The van der Waals surface area contributed by atoms with Crippen LogP contribution in [-0.4, -0.2) is 12.5 Å². The van der Waals surface area contributed by atoms with E-state index in [-0.39, 0.29) is 12.5 Å². The highest BCUT2D eigenvalue weighted by atomic mass is 79.9. The molecule has 0 unspecified atom stereocenters. The van der Waals surface area contributed by atoms with Gasteiger partial charge in [-0.25, -0.2) is 4.39 Å². The lowest BCUT2D eigenvalue weighted by molar-refractivity contribution is -0.118. The summed E-state index contributed by atoms with van der Waals surface area (Å²) in [7, 11) is 0. The highest BCUT2D eigenvalue weighted by Gasteiger charge is 2.09. The molecule has 6 heteroatoms. The molecule has 0 spiro atoms. The molecule has 4 nitrogen and oxygen atoms in total. The van der Waals surface area contributed by atoms with Gasteiger partial charge in [0.25, 0.3) is 5.91 Å². The fourth-order valence-electron chi connectivity index (χ4n) is 1.72. The number of amides is 1. The van der Waals surface area contributed by atoms with Crippen molar-refractivity contribution in [2.45, 2.75) is 6.92 Å². The van der Waals surface area contributed by atoms with Crippen LogP contribution >= 0.6 is 15.9 Å². The zero-order chi connectivity index (χ0) is 15.4. The van der Waals surface area contributed by atoms with Crippen molar-refractivity contribution in [1.29, 1.82) is 0 Å². The second-order valence-corrected chi connectivity index (χ2v) is 5.34. The Morgan fingerprint density at radius 3 is 2.86 bits per heavy atom. The SMILES string of the molecule is Cc1cc(Br)c(F)cc1NC(=O)COc1cccc(N)c1. The summed E-state index contributed by atoms with van der Waals surface area (Å²) in [6.45, 7) is 1.60. The molecule has 0 radical (unpaired) electrons. The summed E-state index contributed by atoms with van der Waals surface area (Å²) in [5.41, 5.74) is 7.33. The maximum atomic E-state index is 13.5. The van der Waals surface area contributed by atoms with Gasteiger partial charge in [-0.2, -0.15) is 0 Å². The highest BCUT2D eigenvalue weighted by Crippen LogP contribution is 2.24. The fourth-order valence-corrected chi connectivity index (χ4v) is 2.18. The van der Waals surface area contributed by atoms with Crippen LogP contribution in [0.3, 0.4) is 0 Å². The average Bonchev–Trinajstić information content (AvgIpc) is 2.43. The molecule has 2 rings (SSSR count). The summed E-state index contributed by atoms with van der Waals surface area (Å²) in [5.74, 6) is -0.307. The zero-order valence-electron chi connectivity index (χ0n) is 11.3. The number of nitrogens with one attached hydrogen (secondary N) is 1. The van der Waals surface area contributed by atoms with Gasteiger partial charge in [-0.3, -0.25) is 4.79 Å². The van der Waals surface area contributed by atoms with E-state index in [1.54, 1.807) is 37.3 Å². The number of nitrogen functional groups attached to an aromatic ring is 1. The third-order valence-electron chi connectivity index (χ3n) is 2.77. The molecule has 3 N–H and O–H groups in total. The van der Waals surface area contributed by atoms with Gasteiger partial charge >= 0.3 is 0 Å². The minimum Gasteiger partial charge on any atom is -0.484 e. The molecule has 0 atom stereocenters. The van der Waals surface area contributed by atoms with Crippen molar-refractivity contribution >= 4 is 33.2 Å². The minimum absolute atomic E-state index is 0.180. The number of benzene rings is 2. The van der Waals surface area contributed by atoms with Crippen LogP contribution in [0.5, 0.6) is 5.75 Å². The van der Waals surface area contributed by atoms with Crippen molar-refractivity contribution in [3.05, 3.63) is 52.3 Å². The van der Waals surface area contributed by atoms with E-state index in [1.165, 1.54) is 6.07 Å². The summed E-state index contributed by atoms with van der Waals surface area (Å²) in [6, 6.07) is 9.64. The molecule has 0 aliphatic rings. The summed E-state index contributed by atoms with van der Waals surface area (Å²) >= 11 is 3.09. The Kier molecular flexibility index (Phi) is 4.80. The van der Waals surface area contributed by atoms with Crippen LogP contribution in [-0.2, 0) is 4.79 Å². The van der Waals surface area contributed by atoms with Gasteiger partial charge in [0.2, 0.25) is 0 Å². The Hall–Kier alpha value is -2.08. The number of ether oxygens (including phenoxy) is 1. The molecular formula is C15H14BrFN2O2. The molecule has 21 heavy (non-hydrogen) atoms. The number of halogens is 2. The molecule has 0 aromatic heterocycles. The topological polar surface area (TPSA) is 64.3 Å². The maximum absolute atomic E-state index is 13.5. The standard InChI is InChI=1S/C15H14BrFN2O2/c1-9-5-12(16)13(17)7-14(9)19-15(20)8-21-11-4-2-3-10(18)6-11/h2-7H,8,18H2,1H3,(H,19,20). The number of nitrogens with two attached hydrogens (primary N) is 1. The lowest BCUT2D eigenvalue weighted by Crippen LogP contribution is -2.20. The van der Waals surface area contributed by atoms with E-state index >= 15 is 0 Å². The van der Waals surface area contributed by atoms with Crippen molar-refractivity contribution in [2.24, 2.45) is 0 Å². The molecular weight excluding hydrogens is 339 g/mol. The van der Waals surface area contributed by atoms with Gasteiger partial charge < -0.3 is 15.8 Å². The average molecular weight is 353 g/mol. The van der Waals surface area contributed by atoms with Crippen LogP contribution in [0.4, 0.5) is 15.8 Å². The van der Waals surface area contributed by atoms with E-state index in [1.807, 2.05) is 0 Å². The molecule has 0 bridgehead atoms. The smallest absolute Gasteiger partial charge is 0.262 e. The number of anilines is 2.